The van der Waals surface area contributed by atoms with E-state index in [0.717, 1.165) is 28.1 Å². The van der Waals surface area contributed by atoms with Crippen molar-refractivity contribution in [2.24, 2.45) is 0 Å². The van der Waals surface area contributed by atoms with E-state index in [1.165, 1.54) is 22.9 Å². The number of carboxylic acid groups (broad SMARTS) is 1. The molecule has 3 aromatic carbocycles. The molecule has 0 saturated carbocycles. The van der Waals surface area contributed by atoms with E-state index in [-0.39, 0.29) is 11.5 Å². The number of aromatic nitrogens is 3. The van der Waals surface area contributed by atoms with Crippen LogP contribution in [-0.2, 0) is 4.79 Å². The smallest absolute Gasteiger partial charge is 0.316 e. The van der Waals surface area contributed by atoms with Crippen molar-refractivity contribution < 1.29 is 20.1 Å². The molecule has 8 heteroatoms. The Bertz CT molecular complexity index is 1220. The molecule has 1 atom stereocenters. The maximum Gasteiger partial charge on any atom is 0.316 e. The molecule has 0 saturated heterocycles. The predicted molar refractivity (Wildman–Crippen MR) is 111 cm³/mol. The first-order chi connectivity index (χ1) is 14.0. The molecule has 4 rings (SSSR count). The van der Waals surface area contributed by atoms with Gasteiger partial charge in [-0.05, 0) is 29.8 Å². The number of aromatic hydroxyl groups is 2. The average molecular weight is 407 g/mol. The molecule has 0 fully saturated rings. The number of carboxylic acids is 1. The zero-order valence-corrected chi connectivity index (χ0v) is 16.2. The highest BCUT2D eigenvalue weighted by atomic mass is 32.2. The van der Waals surface area contributed by atoms with Crippen molar-refractivity contribution in [2.75, 3.05) is 0 Å². The highest BCUT2D eigenvalue weighted by Crippen LogP contribution is 2.39. The zero-order valence-electron chi connectivity index (χ0n) is 15.4. The van der Waals surface area contributed by atoms with Crippen molar-refractivity contribution in [1.82, 2.24) is 15.0 Å². The monoisotopic (exact) mass is 407 g/mol. The van der Waals surface area contributed by atoms with Gasteiger partial charge in [-0.3, -0.25) is 4.79 Å². The quantitative estimate of drug-likeness (QED) is 0.428. The molecular formula is C21H17N3O4S. The van der Waals surface area contributed by atoms with Crippen molar-refractivity contribution in [3.8, 4) is 28.4 Å². The minimum absolute atomic E-state index is 0.0767. The van der Waals surface area contributed by atoms with E-state index < -0.39 is 11.2 Å². The minimum Gasteiger partial charge on any atom is -0.508 e. The van der Waals surface area contributed by atoms with E-state index in [9.17, 15) is 20.1 Å². The number of phenols is 2. The van der Waals surface area contributed by atoms with Crippen molar-refractivity contribution in [2.45, 2.75) is 17.2 Å². The van der Waals surface area contributed by atoms with Gasteiger partial charge < -0.3 is 15.3 Å². The van der Waals surface area contributed by atoms with Crippen LogP contribution in [0.4, 0.5) is 0 Å². The molecule has 0 aliphatic heterocycles. The predicted octanol–water partition coefficient (Wildman–Crippen LogP) is 4.06. The second kappa shape index (κ2) is 7.48. The highest BCUT2D eigenvalue weighted by molar-refractivity contribution is 8.00. The number of hydrogen-bond acceptors (Lipinski definition) is 6. The molecule has 7 nitrogen and oxygen atoms in total. The lowest BCUT2D eigenvalue weighted by Crippen LogP contribution is -2.11. The molecule has 146 valence electrons. The van der Waals surface area contributed by atoms with Crippen LogP contribution < -0.4 is 0 Å². The van der Waals surface area contributed by atoms with Gasteiger partial charge >= 0.3 is 5.97 Å². The lowest BCUT2D eigenvalue weighted by Gasteiger charge is -2.13. The van der Waals surface area contributed by atoms with E-state index in [0.29, 0.717) is 16.4 Å². The molecule has 29 heavy (non-hydrogen) atoms. The van der Waals surface area contributed by atoms with Gasteiger partial charge in [-0.15, -0.1) is 5.10 Å². The van der Waals surface area contributed by atoms with Crippen LogP contribution in [0.15, 0.2) is 65.7 Å². The SMILES string of the molecule is CC(Sc1nnn(-c2ccc(O)cc2O)c1-c1cccc2ccccc12)C(=O)O. The van der Waals surface area contributed by atoms with Crippen LogP contribution in [0.1, 0.15) is 6.92 Å². The number of aliphatic carboxylic acids is 1. The summed E-state index contributed by atoms with van der Waals surface area (Å²) in [5, 5.41) is 39.4. The molecule has 0 aliphatic rings. The van der Waals surface area contributed by atoms with Crippen LogP contribution >= 0.6 is 11.8 Å². The van der Waals surface area contributed by atoms with Gasteiger partial charge in [-0.25, -0.2) is 4.68 Å². The summed E-state index contributed by atoms with van der Waals surface area (Å²) < 4.78 is 1.47. The summed E-state index contributed by atoms with van der Waals surface area (Å²) in [6.07, 6.45) is 0. The summed E-state index contributed by atoms with van der Waals surface area (Å²) in [5.74, 6) is -1.20. The van der Waals surface area contributed by atoms with Crippen LogP contribution in [-0.4, -0.2) is 41.5 Å². The summed E-state index contributed by atoms with van der Waals surface area (Å²) in [7, 11) is 0. The van der Waals surface area contributed by atoms with Gasteiger partial charge in [0.15, 0.2) is 0 Å². The Morgan fingerprint density at radius 3 is 2.59 bits per heavy atom. The van der Waals surface area contributed by atoms with Gasteiger partial charge in [0.05, 0.1) is 0 Å². The van der Waals surface area contributed by atoms with E-state index >= 15 is 0 Å². The second-order valence-electron chi connectivity index (χ2n) is 6.45. The topological polar surface area (TPSA) is 108 Å². The summed E-state index contributed by atoms with van der Waals surface area (Å²) in [5.41, 5.74) is 1.70. The molecule has 0 amide bonds. The third-order valence-electron chi connectivity index (χ3n) is 4.51. The van der Waals surface area contributed by atoms with E-state index in [1.807, 2.05) is 42.5 Å². The fourth-order valence-electron chi connectivity index (χ4n) is 3.09. The van der Waals surface area contributed by atoms with Crippen LogP contribution in [0.2, 0.25) is 0 Å². The van der Waals surface area contributed by atoms with Gasteiger partial charge in [0.25, 0.3) is 0 Å². The first-order valence-electron chi connectivity index (χ1n) is 8.81. The molecule has 3 N–H and O–H groups in total. The maximum atomic E-state index is 11.4. The van der Waals surface area contributed by atoms with Crippen LogP contribution in [0, 0.1) is 0 Å². The Kier molecular flexibility index (Phi) is 4.85. The summed E-state index contributed by atoms with van der Waals surface area (Å²) >= 11 is 1.08. The van der Waals surface area contributed by atoms with Crippen LogP contribution in [0.3, 0.4) is 0 Å². The normalized spacial score (nSPS) is 12.2. The van der Waals surface area contributed by atoms with Gasteiger partial charge in [0.2, 0.25) is 0 Å². The average Bonchev–Trinajstić information content (AvgIpc) is 3.10. The third kappa shape index (κ3) is 3.50. The third-order valence-corrected chi connectivity index (χ3v) is 5.56. The van der Waals surface area contributed by atoms with E-state index in [4.69, 9.17) is 0 Å². The summed E-state index contributed by atoms with van der Waals surface area (Å²) in [6.45, 7) is 1.58. The molecule has 0 spiro atoms. The Morgan fingerprint density at radius 1 is 1.07 bits per heavy atom. The van der Waals surface area contributed by atoms with Gasteiger partial charge in [0.1, 0.15) is 33.2 Å². The number of rotatable bonds is 5. The number of nitrogens with zero attached hydrogens (tertiary/aromatic N) is 3. The largest absolute Gasteiger partial charge is 0.508 e. The number of carbonyl (C=O) groups is 1. The van der Waals surface area contributed by atoms with Gasteiger partial charge in [-0.2, -0.15) is 0 Å². The Morgan fingerprint density at radius 2 is 1.83 bits per heavy atom. The van der Waals surface area contributed by atoms with E-state index in [2.05, 4.69) is 10.3 Å². The summed E-state index contributed by atoms with van der Waals surface area (Å²) in [6, 6.07) is 17.8. The number of phenolic OH excluding ortho intramolecular Hbond substituents is 2. The number of benzene rings is 3. The molecule has 4 aromatic rings. The van der Waals surface area contributed by atoms with Crippen LogP contribution in [0.5, 0.6) is 11.5 Å². The minimum atomic E-state index is -0.957. The first kappa shape index (κ1) is 18.8. The van der Waals surface area contributed by atoms with Gasteiger partial charge in [-0.1, -0.05) is 59.4 Å². The molecule has 1 aromatic heterocycles. The lowest BCUT2D eigenvalue weighted by molar-refractivity contribution is -0.136. The fraction of sp³-hybridized carbons (Fsp3) is 0.0952. The fourth-order valence-corrected chi connectivity index (χ4v) is 3.91. The maximum absolute atomic E-state index is 11.4. The van der Waals surface area contributed by atoms with Crippen LogP contribution in [0.25, 0.3) is 27.7 Å². The Balaban J connectivity index is 1.98. The molecule has 1 unspecified atom stereocenters. The Labute approximate surface area is 170 Å². The molecular weight excluding hydrogens is 390 g/mol. The van der Waals surface area contributed by atoms with Crippen molar-refractivity contribution in [1.29, 1.82) is 0 Å². The number of hydrogen-bond donors (Lipinski definition) is 3. The van der Waals surface area contributed by atoms with Crippen molar-refractivity contribution in [3.05, 3.63) is 60.7 Å². The number of thioether (sulfide) groups is 1. The standard InChI is InChI=1S/C21H17N3O4S/c1-12(21(27)28)29-20-19(16-8-4-6-13-5-2-3-7-15(13)16)24(23-22-20)17-10-9-14(25)11-18(17)26/h2-12,25-26H,1H3,(H,27,28). The zero-order chi connectivity index (χ0) is 20.5. The van der Waals surface area contributed by atoms with Crippen molar-refractivity contribution in [3.63, 3.8) is 0 Å². The molecule has 0 aliphatic carbocycles. The lowest BCUT2D eigenvalue weighted by atomic mass is 10.0. The van der Waals surface area contributed by atoms with E-state index in [1.54, 1.807) is 6.92 Å². The summed E-state index contributed by atoms with van der Waals surface area (Å²) in [4.78, 5) is 11.4. The molecule has 1 heterocycles. The second-order valence-corrected chi connectivity index (χ2v) is 7.78. The number of fused-ring (bicyclic) bond motifs is 1. The van der Waals surface area contributed by atoms with Gasteiger partial charge in [0, 0.05) is 11.6 Å². The first-order valence-corrected chi connectivity index (χ1v) is 9.69. The molecule has 0 bridgehead atoms. The van der Waals surface area contributed by atoms with Crippen molar-refractivity contribution >= 4 is 28.5 Å². The molecule has 0 radical (unpaired) electrons. The Hall–Kier alpha value is -3.52. The highest BCUT2D eigenvalue weighted by Gasteiger charge is 2.24.